The molecule has 0 fully saturated rings. The molecule has 0 spiro atoms. The first kappa shape index (κ1) is 24.7. The van der Waals surface area contributed by atoms with E-state index in [1.54, 1.807) is 24.3 Å². The third-order valence-corrected chi connectivity index (χ3v) is 4.47. The first-order valence-electron chi connectivity index (χ1n) is 9.20. The van der Waals surface area contributed by atoms with Crippen LogP contribution >= 0.6 is 15.9 Å². The number of benzene rings is 2. The minimum atomic E-state index is -0.524. The number of carbonyl (C=O) groups excluding carboxylic acids is 2. The maximum Gasteiger partial charge on any atom is 0.308 e. The van der Waals surface area contributed by atoms with Crippen molar-refractivity contribution < 1.29 is 19.4 Å². The van der Waals surface area contributed by atoms with Gasteiger partial charge in [0, 0.05) is 16.6 Å². The van der Waals surface area contributed by atoms with Crippen LogP contribution in [0.4, 0.5) is 0 Å². The molecule has 0 saturated carbocycles. The highest BCUT2D eigenvalue weighted by molar-refractivity contribution is 9.10. The maximum absolute atomic E-state index is 12.2. The Balaban J connectivity index is 0.00000420. The molecule has 158 valence electrons. The van der Waals surface area contributed by atoms with Gasteiger partial charge in [-0.2, -0.15) is 0 Å². The van der Waals surface area contributed by atoms with Crippen molar-refractivity contribution in [2.75, 3.05) is 6.54 Å². The second-order valence-electron chi connectivity index (χ2n) is 7.56. The van der Waals surface area contributed by atoms with Gasteiger partial charge in [-0.25, -0.2) is 0 Å². The number of halogens is 1. The largest absolute Gasteiger partial charge is 0.508 e. The summed E-state index contributed by atoms with van der Waals surface area (Å²) in [5.41, 5.74) is 1.96. The number of carbonyl (C=O) groups is 2. The van der Waals surface area contributed by atoms with Gasteiger partial charge in [-0.15, -0.1) is 0 Å². The molecule has 2 N–H and O–H groups in total. The Bertz CT molecular complexity index is 826. The van der Waals surface area contributed by atoms with Crippen LogP contribution in [0.25, 0.3) is 0 Å². The van der Waals surface area contributed by atoms with Gasteiger partial charge in [-0.1, -0.05) is 35.5 Å². The Kier molecular flexibility index (Phi) is 9.37. The Labute approximate surface area is 181 Å². The summed E-state index contributed by atoms with van der Waals surface area (Å²) in [5, 5.41) is 12.6. The number of esters is 1. The summed E-state index contributed by atoms with van der Waals surface area (Å²) < 4.78 is 6.14. The second kappa shape index (κ2) is 11.0. The molecule has 0 unspecified atom stereocenters. The molecule has 5 nitrogen and oxygen atoms in total. The van der Waals surface area contributed by atoms with E-state index in [0.717, 1.165) is 22.0 Å². The Hall–Kier alpha value is -2.34. The van der Waals surface area contributed by atoms with Crippen molar-refractivity contribution in [3.63, 3.8) is 0 Å². The molecule has 0 saturated heterocycles. The van der Waals surface area contributed by atoms with Crippen molar-refractivity contribution in [1.82, 2.24) is 5.32 Å². The zero-order valence-corrected chi connectivity index (χ0v) is 18.0. The molecule has 2 aromatic rings. The molecule has 0 atom stereocenters. The maximum atomic E-state index is 12.2. The predicted octanol–water partition coefficient (Wildman–Crippen LogP) is 5.04. The summed E-state index contributed by atoms with van der Waals surface area (Å²) in [7, 11) is 0. The standard InChI is InChI=1S/C22H26BrNO4.CH4/c1-22(2,3)28-20(26)12-13-24-21(27)16-7-4-15(5-8-16)6-9-17-14-18(23)10-11-19(17)25;/h4-5,7-8,10-11,14,25H,6,9,12-13H2,1-3H3,(H,24,27);1H4. The van der Waals surface area contributed by atoms with Gasteiger partial charge in [0.25, 0.3) is 5.91 Å². The summed E-state index contributed by atoms with van der Waals surface area (Å²) in [6.07, 6.45) is 1.59. The molecule has 2 aromatic carbocycles. The SMILES string of the molecule is C.CC(C)(C)OC(=O)CCNC(=O)c1ccc(CCc2cc(Br)ccc2O)cc1. The van der Waals surface area contributed by atoms with Crippen LogP contribution in [-0.2, 0) is 22.4 Å². The van der Waals surface area contributed by atoms with Crippen molar-refractivity contribution in [3.8, 4) is 5.75 Å². The Morgan fingerprint density at radius 3 is 2.34 bits per heavy atom. The van der Waals surface area contributed by atoms with Gasteiger partial charge in [0.15, 0.2) is 0 Å². The zero-order valence-electron chi connectivity index (χ0n) is 16.4. The van der Waals surface area contributed by atoms with Crippen molar-refractivity contribution in [2.24, 2.45) is 0 Å². The van der Waals surface area contributed by atoms with Gasteiger partial charge in [0.1, 0.15) is 11.4 Å². The highest BCUT2D eigenvalue weighted by Crippen LogP contribution is 2.23. The fourth-order valence-electron chi connectivity index (χ4n) is 2.63. The number of rotatable bonds is 7. The van der Waals surface area contributed by atoms with E-state index in [0.29, 0.717) is 12.0 Å². The van der Waals surface area contributed by atoms with Gasteiger partial charge in [-0.3, -0.25) is 9.59 Å². The van der Waals surface area contributed by atoms with Gasteiger partial charge in [0.05, 0.1) is 6.42 Å². The average molecular weight is 464 g/mol. The number of phenolic OH excluding ortho intramolecular Hbond substituents is 1. The van der Waals surface area contributed by atoms with Crippen LogP contribution in [-0.4, -0.2) is 29.1 Å². The first-order valence-corrected chi connectivity index (χ1v) is 10.00. The van der Waals surface area contributed by atoms with Crippen LogP contribution in [0.3, 0.4) is 0 Å². The number of hydrogen-bond donors (Lipinski definition) is 2. The number of aryl methyl sites for hydroxylation is 2. The smallest absolute Gasteiger partial charge is 0.308 e. The lowest BCUT2D eigenvalue weighted by Gasteiger charge is -2.19. The van der Waals surface area contributed by atoms with Gasteiger partial charge < -0.3 is 15.2 Å². The minimum absolute atomic E-state index is 0. The summed E-state index contributed by atoms with van der Waals surface area (Å²) in [4.78, 5) is 23.8. The highest BCUT2D eigenvalue weighted by Gasteiger charge is 2.16. The van der Waals surface area contributed by atoms with E-state index in [1.165, 1.54) is 0 Å². The first-order chi connectivity index (χ1) is 13.1. The monoisotopic (exact) mass is 463 g/mol. The van der Waals surface area contributed by atoms with Crippen molar-refractivity contribution in [3.05, 3.63) is 63.6 Å². The van der Waals surface area contributed by atoms with E-state index in [2.05, 4.69) is 21.2 Å². The normalized spacial score (nSPS) is 10.8. The van der Waals surface area contributed by atoms with Gasteiger partial charge >= 0.3 is 5.97 Å². The molecule has 1 amide bonds. The summed E-state index contributed by atoms with van der Waals surface area (Å²) in [5.74, 6) is -0.275. The lowest BCUT2D eigenvalue weighted by Crippen LogP contribution is -2.29. The molecule has 0 radical (unpaired) electrons. The van der Waals surface area contributed by atoms with Gasteiger partial charge in [0.2, 0.25) is 0 Å². The number of hydrogen-bond acceptors (Lipinski definition) is 4. The fraction of sp³-hybridized carbons (Fsp3) is 0.391. The number of nitrogens with one attached hydrogen (secondary N) is 1. The van der Waals surface area contributed by atoms with Crippen LogP contribution < -0.4 is 5.32 Å². The highest BCUT2D eigenvalue weighted by atomic mass is 79.9. The lowest BCUT2D eigenvalue weighted by atomic mass is 10.0. The van der Waals surface area contributed by atoms with Gasteiger partial charge in [-0.05, 0) is 75.1 Å². The molecule has 0 aliphatic carbocycles. The molecule has 29 heavy (non-hydrogen) atoms. The molecule has 6 heteroatoms. The van der Waals surface area contributed by atoms with Crippen LogP contribution in [0.2, 0.25) is 0 Å². The lowest BCUT2D eigenvalue weighted by molar-refractivity contribution is -0.154. The number of aromatic hydroxyl groups is 1. The summed E-state index contributed by atoms with van der Waals surface area (Å²) >= 11 is 3.41. The Morgan fingerprint density at radius 2 is 1.72 bits per heavy atom. The predicted molar refractivity (Wildman–Crippen MR) is 119 cm³/mol. The molecule has 0 aromatic heterocycles. The van der Waals surface area contributed by atoms with E-state index in [-0.39, 0.29) is 38.0 Å². The van der Waals surface area contributed by atoms with Crippen LogP contribution in [0, 0.1) is 0 Å². The molecule has 0 aliphatic heterocycles. The third kappa shape index (κ3) is 8.69. The van der Waals surface area contributed by atoms with E-state index >= 15 is 0 Å². The fourth-order valence-corrected chi connectivity index (χ4v) is 3.04. The molecule has 0 heterocycles. The minimum Gasteiger partial charge on any atom is -0.508 e. The van der Waals surface area contributed by atoms with Crippen molar-refractivity contribution in [1.29, 1.82) is 0 Å². The number of phenols is 1. The second-order valence-corrected chi connectivity index (χ2v) is 8.48. The van der Waals surface area contributed by atoms with Crippen LogP contribution in [0.1, 0.15) is 56.1 Å². The quantitative estimate of drug-likeness (QED) is 0.564. The third-order valence-electron chi connectivity index (χ3n) is 3.98. The molecular weight excluding hydrogens is 434 g/mol. The van der Waals surface area contributed by atoms with Crippen LogP contribution in [0.15, 0.2) is 46.9 Å². The molecule has 2 rings (SSSR count). The zero-order chi connectivity index (χ0) is 20.7. The number of amides is 1. The number of ether oxygens (including phenoxy) is 1. The van der Waals surface area contributed by atoms with Crippen molar-refractivity contribution >= 4 is 27.8 Å². The summed E-state index contributed by atoms with van der Waals surface area (Å²) in [6.45, 7) is 5.66. The van der Waals surface area contributed by atoms with Crippen LogP contribution in [0.5, 0.6) is 5.75 Å². The van der Waals surface area contributed by atoms with Crippen molar-refractivity contribution in [2.45, 2.75) is 53.1 Å². The van der Waals surface area contributed by atoms with E-state index in [4.69, 9.17) is 4.74 Å². The molecule has 0 bridgehead atoms. The Morgan fingerprint density at radius 1 is 1.07 bits per heavy atom. The summed E-state index contributed by atoms with van der Waals surface area (Å²) in [6, 6.07) is 12.7. The van der Waals surface area contributed by atoms with E-state index in [9.17, 15) is 14.7 Å². The topological polar surface area (TPSA) is 75.6 Å². The molecule has 0 aliphatic rings. The van der Waals surface area contributed by atoms with E-state index < -0.39 is 5.60 Å². The average Bonchev–Trinajstić information content (AvgIpc) is 2.61. The van der Waals surface area contributed by atoms with E-state index in [1.807, 2.05) is 39.0 Å². The molecular formula is C23H30BrNO4.